The molecule has 0 bridgehead atoms. The van der Waals surface area contributed by atoms with Crippen LogP contribution in [0.5, 0.6) is 0 Å². The molecular weight excluding hydrogens is 251 g/mol. The zero-order valence-electron chi connectivity index (χ0n) is 8.25. The van der Waals surface area contributed by atoms with Crippen LogP contribution in [0.1, 0.15) is 13.3 Å². The Labute approximate surface area is 91.5 Å². The van der Waals surface area contributed by atoms with Crippen LogP contribution >= 0.6 is 11.8 Å². The van der Waals surface area contributed by atoms with Crippen LogP contribution in [0.2, 0.25) is 0 Å². The van der Waals surface area contributed by atoms with E-state index in [0.29, 0.717) is 0 Å². The summed E-state index contributed by atoms with van der Waals surface area (Å²) in [5, 5.41) is -0.670. The van der Waals surface area contributed by atoms with Crippen LogP contribution in [-0.2, 0) is 9.84 Å². The molecule has 0 heterocycles. The molecule has 0 amide bonds. The van der Waals surface area contributed by atoms with E-state index in [0.717, 1.165) is 0 Å². The molecule has 3 nitrogen and oxygen atoms in total. The van der Waals surface area contributed by atoms with E-state index < -0.39 is 32.1 Å². The molecule has 0 saturated heterocycles. The summed E-state index contributed by atoms with van der Waals surface area (Å²) in [5.41, 5.74) is 0.806. The summed E-state index contributed by atoms with van der Waals surface area (Å²) in [6.07, 6.45) is 0.277. The molecule has 15 heavy (non-hydrogen) atoms. The first-order chi connectivity index (χ1) is 6.69. The fraction of sp³-hybridized carbons (Fsp3) is 1.00. The van der Waals surface area contributed by atoms with E-state index in [2.05, 4.69) is 0 Å². The number of nitrogens with two attached hydrogens (primary N) is 1. The molecular formula is C7H14F3NO2S2. The van der Waals surface area contributed by atoms with E-state index in [-0.39, 0.29) is 24.7 Å². The van der Waals surface area contributed by atoms with E-state index >= 15 is 0 Å². The highest BCUT2D eigenvalue weighted by molar-refractivity contribution is 8.01. The number of sulfone groups is 1. The number of thioether (sulfide) groups is 1. The van der Waals surface area contributed by atoms with Crippen LogP contribution < -0.4 is 5.73 Å². The van der Waals surface area contributed by atoms with Crippen LogP contribution in [-0.4, -0.2) is 37.2 Å². The molecule has 1 atom stereocenters. The molecule has 0 aromatic heterocycles. The summed E-state index contributed by atoms with van der Waals surface area (Å²) in [5.74, 6) is -0.918. The summed E-state index contributed by atoms with van der Waals surface area (Å²) >= 11 is -0.314. The van der Waals surface area contributed by atoms with Gasteiger partial charge in [-0.3, -0.25) is 0 Å². The summed E-state index contributed by atoms with van der Waals surface area (Å²) in [6, 6.07) is 0. The molecule has 0 radical (unpaired) electrons. The molecule has 0 rings (SSSR count). The second kappa shape index (κ2) is 5.95. The standard InChI is InChI=1S/C7H14F3NO2S2/c1-6(2-3-11)15(12,13)5-4-14-7(8,9)10/h6H,2-5,11H2,1H3. The molecule has 0 aliphatic rings. The van der Waals surface area contributed by atoms with Gasteiger partial charge in [0, 0.05) is 5.75 Å². The van der Waals surface area contributed by atoms with Gasteiger partial charge in [0.1, 0.15) is 0 Å². The molecule has 0 saturated carbocycles. The first-order valence-corrected chi connectivity index (χ1v) is 7.01. The maximum Gasteiger partial charge on any atom is 0.441 e. The molecule has 1 unspecified atom stereocenters. The smallest absolute Gasteiger partial charge is 0.330 e. The van der Waals surface area contributed by atoms with Crippen molar-refractivity contribution in [2.24, 2.45) is 5.73 Å². The van der Waals surface area contributed by atoms with Crippen molar-refractivity contribution in [1.29, 1.82) is 0 Å². The Bertz CT molecular complexity index is 276. The lowest BCUT2D eigenvalue weighted by Gasteiger charge is -2.11. The lowest BCUT2D eigenvalue weighted by Crippen LogP contribution is -2.25. The van der Waals surface area contributed by atoms with Crippen molar-refractivity contribution in [2.75, 3.05) is 18.1 Å². The highest BCUT2D eigenvalue weighted by Crippen LogP contribution is 2.30. The Hall–Kier alpha value is 0.0500. The van der Waals surface area contributed by atoms with Crippen LogP contribution in [0.25, 0.3) is 0 Å². The molecule has 92 valence electrons. The van der Waals surface area contributed by atoms with Crippen molar-refractivity contribution >= 4 is 21.6 Å². The van der Waals surface area contributed by atoms with Crippen molar-refractivity contribution in [2.45, 2.75) is 24.1 Å². The highest BCUT2D eigenvalue weighted by atomic mass is 32.2. The average Bonchev–Trinajstić information content (AvgIpc) is 2.01. The number of hydrogen-bond donors (Lipinski definition) is 1. The van der Waals surface area contributed by atoms with E-state index in [1.54, 1.807) is 0 Å². The Morgan fingerprint density at radius 3 is 2.33 bits per heavy atom. The van der Waals surface area contributed by atoms with Gasteiger partial charge in [-0.05, 0) is 31.7 Å². The average molecular weight is 265 g/mol. The van der Waals surface area contributed by atoms with Crippen LogP contribution in [0, 0.1) is 0 Å². The third kappa shape index (κ3) is 7.02. The van der Waals surface area contributed by atoms with Gasteiger partial charge < -0.3 is 5.73 Å². The summed E-state index contributed by atoms with van der Waals surface area (Å²) in [4.78, 5) is 0. The molecule has 0 aliphatic carbocycles. The Morgan fingerprint density at radius 2 is 1.93 bits per heavy atom. The van der Waals surface area contributed by atoms with Gasteiger partial charge in [-0.15, -0.1) is 0 Å². The lowest BCUT2D eigenvalue weighted by atomic mass is 10.3. The maximum absolute atomic E-state index is 11.7. The fourth-order valence-corrected chi connectivity index (χ4v) is 3.28. The summed E-state index contributed by atoms with van der Waals surface area (Å²) in [6.45, 7) is 1.67. The van der Waals surface area contributed by atoms with Gasteiger partial charge in [0.05, 0.1) is 11.0 Å². The minimum Gasteiger partial charge on any atom is -0.330 e. The summed E-state index contributed by atoms with van der Waals surface area (Å²) < 4.78 is 57.9. The second-order valence-corrected chi connectivity index (χ2v) is 6.75. The van der Waals surface area contributed by atoms with Crippen molar-refractivity contribution in [1.82, 2.24) is 0 Å². The summed E-state index contributed by atoms with van der Waals surface area (Å²) in [7, 11) is -3.45. The topological polar surface area (TPSA) is 60.2 Å². The Morgan fingerprint density at radius 1 is 1.40 bits per heavy atom. The van der Waals surface area contributed by atoms with E-state index in [4.69, 9.17) is 5.73 Å². The van der Waals surface area contributed by atoms with Gasteiger partial charge in [0.15, 0.2) is 9.84 Å². The Balaban J connectivity index is 4.06. The van der Waals surface area contributed by atoms with Crippen LogP contribution in [0.3, 0.4) is 0 Å². The van der Waals surface area contributed by atoms with Crippen molar-refractivity contribution in [3.05, 3.63) is 0 Å². The molecule has 8 heteroatoms. The van der Waals surface area contributed by atoms with Gasteiger partial charge in [-0.25, -0.2) is 8.42 Å². The quantitative estimate of drug-likeness (QED) is 0.788. The zero-order valence-corrected chi connectivity index (χ0v) is 9.88. The van der Waals surface area contributed by atoms with Crippen LogP contribution in [0.4, 0.5) is 13.2 Å². The fourth-order valence-electron chi connectivity index (χ4n) is 0.889. The van der Waals surface area contributed by atoms with Gasteiger partial charge in [0.2, 0.25) is 0 Å². The monoisotopic (exact) mass is 265 g/mol. The first kappa shape index (κ1) is 15.0. The zero-order chi connectivity index (χ0) is 12.1. The SMILES string of the molecule is CC(CCN)S(=O)(=O)CCSC(F)(F)F. The maximum atomic E-state index is 11.7. The van der Waals surface area contributed by atoms with E-state index in [1.165, 1.54) is 6.92 Å². The van der Waals surface area contributed by atoms with Gasteiger partial charge in [-0.1, -0.05) is 0 Å². The van der Waals surface area contributed by atoms with Crippen molar-refractivity contribution in [3.63, 3.8) is 0 Å². The second-order valence-electron chi connectivity index (χ2n) is 3.05. The van der Waals surface area contributed by atoms with Gasteiger partial charge in [-0.2, -0.15) is 13.2 Å². The molecule has 0 fully saturated rings. The predicted octanol–water partition coefficient (Wildman–Crippen LogP) is 1.39. The first-order valence-electron chi connectivity index (χ1n) is 4.31. The Kier molecular flexibility index (Phi) is 5.97. The normalized spacial score (nSPS) is 15.3. The predicted molar refractivity (Wildman–Crippen MR) is 55.4 cm³/mol. The minimum absolute atomic E-state index is 0.215. The number of hydrogen-bond acceptors (Lipinski definition) is 4. The third-order valence-corrected chi connectivity index (χ3v) is 5.05. The molecule has 0 aromatic rings. The minimum atomic E-state index is -4.37. The van der Waals surface area contributed by atoms with Gasteiger partial charge in [0.25, 0.3) is 0 Å². The lowest BCUT2D eigenvalue weighted by molar-refractivity contribution is -0.0326. The number of alkyl halides is 3. The van der Waals surface area contributed by atoms with Crippen LogP contribution in [0.15, 0.2) is 0 Å². The molecule has 0 spiro atoms. The molecule has 0 aromatic carbocycles. The number of rotatable bonds is 6. The largest absolute Gasteiger partial charge is 0.441 e. The van der Waals surface area contributed by atoms with Crippen molar-refractivity contribution in [3.8, 4) is 0 Å². The van der Waals surface area contributed by atoms with E-state index in [1.807, 2.05) is 0 Å². The molecule has 0 aliphatic heterocycles. The van der Waals surface area contributed by atoms with Crippen molar-refractivity contribution < 1.29 is 21.6 Å². The number of halogens is 3. The molecule has 2 N–H and O–H groups in total. The van der Waals surface area contributed by atoms with Gasteiger partial charge >= 0.3 is 5.51 Å². The highest BCUT2D eigenvalue weighted by Gasteiger charge is 2.29. The van der Waals surface area contributed by atoms with E-state index in [9.17, 15) is 21.6 Å². The third-order valence-electron chi connectivity index (χ3n) is 1.82.